The first-order chi connectivity index (χ1) is 15.8. The van der Waals surface area contributed by atoms with Crippen LogP contribution in [0.15, 0.2) is 60.7 Å². The summed E-state index contributed by atoms with van der Waals surface area (Å²) in [6.07, 6.45) is 0. The van der Waals surface area contributed by atoms with Gasteiger partial charge in [0.25, 0.3) is 11.8 Å². The number of halogens is 1. The summed E-state index contributed by atoms with van der Waals surface area (Å²) in [6, 6.07) is 16.2. The zero-order chi connectivity index (χ0) is 24.0. The molecule has 0 spiro atoms. The number of benzene rings is 3. The number of hydrogen-bond donors (Lipinski definition) is 2. The summed E-state index contributed by atoms with van der Waals surface area (Å²) in [5.74, 6) is 0.0492. The van der Waals surface area contributed by atoms with E-state index in [1.54, 1.807) is 18.2 Å². The minimum atomic E-state index is -0.509. The number of anilines is 2. The number of aryl methyl sites for hydroxylation is 1. The third kappa shape index (κ3) is 6.32. The van der Waals surface area contributed by atoms with E-state index in [4.69, 9.17) is 9.47 Å². The summed E-state index contributed by atoms with van der Waals surface area (Å²) in [5, 5.41) is 5.44. The van der Waals surface area contributed by atoms with Crippen molar-refractivity contribution >= 4 is 23.2 Å². The highest BCUT2D eigenvalue weighted by Gasteiger charge is 2.13. The van der Waals surface area contributed by atoms with Crippen molar-refractivity contribution < 1.29 is 23.5 Å². The highest BCUT2D eigenvalue weighted by molar-refractivity contribution is 6.05. The summed E-state index contributed by atoms with van der Waals surface area (Å²) in [5.41, 5.74) is 3.03. The summed E-state index contributed by atoms with van der Waals surface area (Å²) in [6.45, 7) is 5.94. The number of amides is 2. The molecule has 33 heavy (non-hydrogen) atoms. The van der Waals surface area contributed by atoms with E-state index in [1.165, 1.54) is 25.3 Å². The van der Waals surface area contributed by atoms with Gasteiger partial charge in [0.1, 0.15) is 17.3 Å². The molecular formula is C26H27FN2O4. The number of methoxy groups -OCH3 is 1. The van der Waals surface area contributed by atoms with Crippen LogP contribution in [0.25, 0.3) is 0 Å². The lowest BCUT2D eigenvalue weighted by Gasteiger charge is -2.14. The van der Waals surface area contributed by atoms with Gasteiger partial charge >= 0.3 is 0 Å². The highest BCUT2D eigenvalue weighted by Crippen LogP contribution is 2.29. The molecule has 3 aromatic carbocycles. The van der Waals surface area contributed by atoms with Crippen LogP contribution in [0.1, 0.15) is 41.3 Å². The first-order valence-corrected chi connectivity index (χ1v) is 10.5. The van der Waals surface area contributed by atoms with Gasteiger partial charge in [-0.2, -0.15) is 0 Å². The first-order valence-electron chi connectivity index (χ1n) is 10.5. The first kappa shape index (κ1) is 23.8. The molecule has 0 unspecified atom stereocenters. The Kier molecular flexibility index (Phi) is 7.66. The Labute approximate surface area is 192 Å². The molecule has 0 atom stereocenters. The normalized spacial score (nSPS) is 10.6. The number of ether oxygens (including phenoxy) is 2. The van der Waals surface area contributed by atoms with E-state index in [-0.39, 0.29) is 18.1 Å². The van der Waals surface area contributed by atoms with E-state index >= 15 is 0 Å². The second-order valence-electron chi connectivity index (χ2n) is 7.90. The lowest BCUT2D eigenvalue weighted by molar-refractivity contribution is -0.118. The van der Waals surface area contributed by atoms with Crippen LogP contribution in [0.2, 0.25) is 0 Å². The maximum Gasteiger partial charge on any atom is 0.262 e. The molecule has 6 nitrogen and oxygen atoms in total. The van der Waals surface area contributed by atoms with E-state index in [0.29, 0.717) is 28.8 Å². The molecule has 0 heterocycles. The lowest BCUT2D eigenvalue weighted by Crippen LogP contribution is -2.20. The predicted molar refractivity (Wildman–Crippen MR) is 127 cm³/mol. The maximum absolute atomic E-state index is 13.4. The van der Waals surface area contributed by atoms with Gasteiger partial charge in [0.2, 0.25) is 0 Å². The molecule has 0 aliphatic rings. The van der Waals surface area contributed by atoms with Gasteiger partial charge in [-0.25, -0.2) is 4.39 Å². The second kappa shape index (κ2) is 10.6. The fourth-order valence-corrected chi connectivity index (χ4v) is 3.18. The van der Waals surface area contributed by atoms with E-state index in [9.17, 15) is 14.0 Å². The minimum absolute atomic E-state index is 0.166. The van der Waals surface area contributed by atoms with Gasteiger partial charge in [-0.1, -0.05) is 32.0 Å². The van der Waals surface area contributed by atoms with Gasteiger partial charge < -0.3 is 20.1 Å². The van der Waals surface area contributed by atoms with Crippen LogP contribution in [-0.2, 0) is 4.79 Å². The molecule has 2 N–H and O–H groups in total. The van der Waals surface area contributed by atoms with E-state index in [2.05, 4.69) is 24.5 Å². The quantitative estimate of drug-likeness (QED) is 0.473. The van der Waals surface area contributed by atoms with Crippen LogP contribution in [0.3, 0.4) is 0 Å². The molecule has 0 aliphatic carbocycles. The van der Waals surface area contributed by atoms with Crippen LogP contribution in [0.5, 0.6) is 11.5 Å². The highest BCUT2D eigenvalue weighted by atomic mass is 19.1. The molecule has 2 amide bonds. The Morgan fingerprint density at radius 1 is 0.970 bits per heavy atom. The molecule has 0 aliphatic heterocycles. The standard InChI is InChI=1S/C26H27FN2O4/c1-16(2)18-9-8-17(3)24(13-18)33-15-25(30)28-21-10-11-23(32-4)22(14-21)29-26(31)19-6-5-7-20(27)12-19/h5-14,16H,15H2,1-4H3,(H,28,30)(H,29,31). The fourth-order valence-electron chi connectivity index (χ4n) is 3.18. The molecular weight excluding hydrogens is 423 g/mol. The third-order valence-corrected chi connectivity index (χ3v) is 5.06. The van der Waals surface area contributed by atoms with Crippen molar-refractivity contribution in [2.45, 2.75) is 26.7 Å². The van der Waals surface area contributed by atoms with Crippen LogP contribution >= 0.6 is 0 Å². The Balaban J connectivity index is 1.68. The summed E-state index contributed by atoms with van der Waals surface area (Å²) < 4.78 is 24.5. The number of carbonyl (C=O) groups is 2. The Morgan fingerprint density at radius 2 is 1.76 bits per heavy atom. The third-order valence-electron chi connectivity index (χ3n) is 5.06. The number of hydrogen-bond acceptors (Lipinski definition) is 4. The van der Waals surface area contributed by atoms with Crippen molar-refractivity contribution in [1.29, 1.82) is 0 Å². The van der Waals surface area contributed by atoms with Crippen molar-refractivity contribution in [3.63, 3.8) is 0 Å². The average Bonchev–Trinajstić information content (AvgIpc) is 2.78. The van der Waals surface area contributed by atoms with Gasteiger partial charge in [-0.05, 0) is 66.4 Å². The summed E-state index contributed by atoms with van der Waals surface area (Å²) in [4.78, 5) is 25.0. The van der Waals surface area contributed by atoms with Crippen molar-refractivity contribution in [3.8, 4) is 11.5 Å². The smallest absolute Gasteiger partial charge is 0.262 e. The molecule has 3 rings (SSSR count). The Hall–Kier alpha value is -3.87. The van der Waals surface area contributed by atoms with Crippen molar-refractivity contribution in [2.24, 2.45) is 0 Å². The van der Waals surface area contributed by atoms with Crippen LogP contribution in [0.4, 0.5) is 15.8 Å². The van der Waals surface area contributed by atoms with Crippen LogP contribution in [-0.4, -0.2) is 25.5 Å². The average molecular weight is 451 g/mol. The van der Waals surface area contributed by atoms with Gasteiger partial charge in [0.05, 0.1) is 12.8 Å². The van der Waals surface area contributed by atoms with Crippen molar-refractivity contribution in [1.82, 2.24) is 0 Å². The molecule has 0 aromatic heterocycles. The monoisotopic (exact) mass is 450 g/mol. The van der Waals surface area contributed by atoms with Crippen LogP contribution in [0, 0.1) is 12.7 Å². The summed E-state index contributed by atoms with van der Waals surface area (Å²) in [7, 11) is 1.47. The molecule has 0 saturated heterocycles. The molecule has 0 bridgehead atoms. The maximum atomic E-state index is 13.4. The largest absolute Gasteiger partial charge is 0.495 e. The number of nitrogens with one attached hydrogen (secondary N) is 2. The zero-order valence-corrected chi connectivity index (χ0v) is 19.1. The minimum Gasteiger partial charge on any atom is -0.495 e. The van der Waals surface area contributed by atoms with Gasteiger partial charge in [0.15, 0.2) is 6.61 Å². The Morgan fingerprint density at radius 3 is 2.45 bits per heavy atom. The predicted octanol–water partition coefficient (Wildman–Crippen LogP) is 5.54. The second-order valence-corrected chi connectivity index (χ2v) is 7.90. The fraction of sp³-hybridized carbons (Fsp3) is 0.231. The molecule has 172 valence electrons. The van der Waals surface area contributed by atoms with E-state index < -0.39 is 11.7 Å². The van der Waals surface area contributed by atoms with E-state index in [0.717, 1.165) is 17.2 Å². The number of carbonyl (C=O) groups excluding carboxylic acids is 2. The molecule has 0 saturated carbocycles. The molecule has 3 aromatic rings. The summed E-state index contributed by atoms with van der Waals surface area (Å²) >= 11 is 0. The lowest BCUT2D eigenvalue weighted by atomic mass is 10.0. The van der Waals surface area contributed by atoms with Gasteiger partial charge in [0, 0.05) is 11.3 Å². The molecule has 7 heteroatoms. The van der Waals surface area contributed by atoms with Gasteiger partial charge in [-0.3, -0.25) is 9.59 Å². The van der Waals surface area contributed by atoms with E-state index in [1.807, 2.05) is 25.1 Å². The van der Waals surface area contributed by atoms with Crippen LogP contribution < -0.4 is 20.1 Å². The Bertz CT molecular complexity index is 1160. The SMILES string of the molecule is COc1ccc(NC(=O)COc2cc(C(C)C)ccc2C)cc1NC(=O)c1cccc(F)c1. The van der Waals surface area contributed by atoms with Gasteiger partial charge in [-0.15, -0.1) is 0 Å². The topological polar surface area (TPSA) is 76.7 Å². The molecule has 0 fully saturated rings. The molecule has 0 radical (unpaired) electrons. The zero-order valence-electron chi connectivity index (χ0n) is 19.1. The van der Waals surface area contributed by atoms with Crippen molar-refractivity contribution in [2.75, 3.05) is 24.4 Å². The van der Waals surface area contributed by atoms with Crippen molar-refractivity contribution in [3.05, 3.63) is 83.2 Å². The number of rotatable bonds is 8.